The molecule has 244 valence electrons. The van der Waals surface area contributed by atoms with Crippen LogP contribution in [0, 0.1) is 34.5 Å². The van der Waals surface area contributed by atoms with Crippen LogP contribution in [0.25, 0.3) is 0 Å². The SMILES string of the molecule is CC(=O)O[C@H]1C[C@H]2CC[C@@H]3[C@@H](CC[C@@]4(C)[C@@H]3C[C@@H](N3CC[N+](C)(C)CC3)[C@@H]4OC(C)=O)[C@@]2(C)C[C@@H]1N1CC[N+](C)(C)CC1. The monoisotopic (exact) mass is 602 g/mol. The van der Waals surface area contributed by atoms with Crippen molar-refractivity contribution in [1.82, 2.24) is 9.80 Å². The highest BCUT2D eigenvalue weighted by molar-refractivity contribution is 5.66. The van der Waals surface area contributed by atoms with Gasteiger partial charge in [0.15, 0.2) is 0 Å². The highest BCUT2D eigenvalue weighted by atomic mass is 16.5. The average molecular weight is 603 g/mol. The highest BCUT2D eigenvalue weighted by Gasteiger charge is 2.65. The molecule has 0 bridgehead atoms. The second kappa shape index (κ2) is 11.2. The third-order valence-corrected chi connectivity index (χ3v) is 14.1. The molecule has 0 aromatic rings. The third-order valence-electron chi connectivity index (χ3n) is 14.1. The molecule has 6 aliphatic rings. The summed E-state index contributed by atoms with van der Waals surface area (Å²) >= 11 is 0. The van der Waals surface area contributed by atoms with Crippen molar-refractivity contribution < 1.29 is 28.0 Å². The number of hydrogen-bond donors (Lipinski definition) is 0. The largest absolute Gasteiger partial charge is 0.461 e. The number of nitrogens with zero attached hydrogens (tertiary/aromatic N) is 4. The van der Waals surface area contributed by atoms with Gasteiger partial charge in [-0.25, -0.2) is 0 Å². The molecule has 2 saturated heterocycles. The Morgan fingerprint density at radius 1 is 0.698 bits per heavy atom. The lowest BCUT2D eigenvalue weighted by atomic mass is 9.44. The maximum absolute atomic E-state index is 12.5. The van der Waals surface area contributed by atoms with Crippen LogP contribution in [-0.2, 0) is 19.1 Å². The molecule has 8 heteroatoms. The van der Waals surface area contributed by atoms with Crippen molar-refractivity contribution in [1.29, 1.82) is 0 Å². The summed E-state index contributed by atoms with van der Waals surface area (Å²) in [5.74, 6) is 2.35. The van der Waals surface area contributed by atoms with Crippen molar-refractivity contribution in [2.75, 3.05) is 80.5 Å². The Balaban J connectivity index is 1.26. The Labute approximate surface area is 261 Å². The van der Waals surface area contributed by atoms with Crippen LogP contribution in [0.15, 0.2) is 0 Å². The van der Waals surface area contributed by atoms with Gasteiger partial charge in [-0.15, -0.1) is 0 Å². The number of hydrogen-bond acceptors (Lipinski definition) is 6. The minimum absolute atomic E-state index is 0.00234. The van der Waals surface area contributed by atoms with E-state index < -0.39 is 0 Å². The molecule has 8 nitrogen and oxygen atoms in total. The Morgan fingerprint density at radius 2 is 1.26 bits per heavy atom. The van der Waals surface area contributed by atoms with Gasteiger partial charge in [0, 0.05) is 57.5 Å². The van der Waals surface area contributed by atoms with Crippen LogP contribution < -0.4 is 0 Å². The molecule has 0 spiro atoms. The number of ether oxygens (including phenoxy) is 2. The zero-order valence-electron chi connectivity index (χ0n) is 28.6. The van der Waals surface area contributed by atoms with E-state index in [9.17, 15) is 9.59 Å². The molecule has 6 rings (SSSR count). The standard InChI is InChI=1S/C35H62N4O4/c1-24(40)42-32-21-26-9-10-27-28(35(26,4)23-31(32)37-15-19-39(7,8)20-16-37)11-12-34(3)29(27)22-30(33(34)43-25(2)41)36-13-17-38(5,6)18-14-36/h26-33H,9-23H2,1-8H3/q+2/t26-,27-,28-,29-,30-,31+,32+,33+,34+,35+/m1/s1. The first-order valence-corrected chi connectivity index (χ1v) is 17.6. The Morgan fingerprint density at radius 3 is 1.81 bits per heavy atom. The van der Waals surface area contributed by atoms with Gasteiger partial charge in [-0.3, -0.25) is 19.4 Å². The number of quaternary nitrogens is 2. The van der Waals surface area contributed by atoms with E-state index in [1.54, 1.807) is 13.8 Å². The molecule has 0 N–H and O–H groups in total. The molecule has 2 heterocycles. The predicted molar refractivity (Wildman–Crippen MR) is 168 cm³/mol. The Bertz CT molecular complexity index is 1060. The van der Waals surface area contributed by atoms with Crippen molar-refractivity contribution in [3.8, 4) is 0 Å². The number of esters is 2. The third kappa shape index (κ3) is 5.81. The molecular formula is C35H62N4O4+2. The number of fused-ring (bicyclic) bond motifs is 5. The lowest BCUT2D eigenvalue weighted by molar-refractivity contribution is -0.894. The number of piperazine rings is 2. The number of carbonyl (C=O) groups excluding carboxylic acids is 2. The van der Waals surface area contributed by atoms with Crippen LogP contribution in [0.5, 0.6) is 0 Å². The smallest absolute Gasteiger partial charge is 0.302 e. The summed E-state index contributed by atoms with van der Waals surface area (Å²) in [6.45, 7) is 17.3. The van der Waals surface area contributed by atoms with Gasteiger partial charge in [-0.1, -0.05) is 13.8 Å². The van der Waals surface area contributed by atoms with Crippen LogP contribution in [-0.4, -0.2) is 136 Å². The van der Waals surface area contributed by atoms with Gasteiger partial charge in [0.05, 0.1) is 54.4 Å². The molecule has 4 aliphatic carbocycles. The van der Waals surface area contributed by atoms with Gasteiger partial charge in [-0.2, -0.15) is 0 Å². The van der Waals surface area contributed by atoms with Crippen molar-refractivity contribution in [3.63, 3.8) is 0 Å². The molecule has 0 amide bonds. The molecule has 43 heavy (non-hydrogen) atoms. The van der Waals surface area contributed by atoms with Gasteiger partial charge in [0.1, 0.15) is 12.2 Å². The molecule has 6 fully saturated rings. The molecule has 0 aromatic carbocycles. The molecule has 10 atom stereocenters. The van der Waals surface area contributed by atoms with Gasteiger partial charge < -0.3 is 18.4 Å². The number of rotatable bonds is 4. The first-order chi connectivity index (χ1) is 20.1. The lowest BCUT2D eigenvalue weighted by Gasteiger charge is -2.62. The minimum Gasteiger partial charge on any atom is -0.461 e. The van der Waals surface area contributed by atoms with E-state index in [4.69, 9.17) is 9.47 Å². The molecule has 0 aromatic heterocycles. The lowest BCUT2D eigenvalue weighted by Crippen LogP contribution is -2.64. The summed E-state index contributed by atoms with van der Waals surface area (Å²) < 4.78 is 14.6. The molecular weight excluding hydrogens is 540 g/mol. The zero-order valence-corrected chi connectivity index (χ0v) is 28.6. The molecule has 2 aliphatic heterocycles. The predicted octanol–water partition coefficient (Wildman–Crippen LogP) is 3.63. The minimum atomic E-state index is -0.123. The van der Waals surface area contributed by atoms with E-state index in [1.807, 2.05) is 0 Å². The van der Waals surface area contributed by atoms with Crippen molar-refractivity contribution in [3.05, 3.63) is 0 Å². The van der Waals surface area contributed by atoms with Crippen molar-refractivity contribution >= 4 is 11.9 Å². The quantitative estimate of drug-likeness (QED) is 0.362. The fourth-order valence-corrected chi connectivity index (χ4v) is 11.4. The normalized spacial score (nSPS) is 46.2. The first kappa shape index (κ1) is 31.7. The Kier molecular flexibility index (Phi) is 8.30. The van der Waals surface area contributed by atoms with Gasteiger partial charge in [0.25, 0.3) is 0 Å². The fourth-order valence-electron chi connectivity index (χ4n) is 11.4. The number of likely N-dealkylation sites (N-methyl/N-ethyl adjacent to an activating group) is 2. The van der Waals surface area contributed by atoms with Gasteiger partial charge in [-0.05, 0) is 74.0 Å². The van der Waals surface area contributed by atoms with Crippen LogP contribution in [0.4, 0.5) is 0 Å². The summed E-state index contributed by atoms with van der Waals surface area (Å²) in [5.41, 5.74) is 0.308. The summed E-state index contributed by atoms with van der Waals surface area (Å²) in [6.07, 6.45) is 8.22. The van der Waals surface area contributed by atoms with Crippen molar-refractivity contribution in [2.24, 2.45) is 34.5 Å². The maximum Gasteiger partial charge on any atom is 0.302 e. The second-order valence-electron chi connectivity index (χ2n) is 17.5. The molecule has 0 unspecified atom stereocenters. The van der Waals surface area contributed by atoms with Gasteiger partial charge in [0.2, 0.25) is 0 Å². The molecule has 0 radical (unpaired) electrons. The average Bonchev–Trinajstić information content (AvgIpc) is 3.20. The van der Waals surface area contributed by atoms with Crippen LogP contribution >= 0.6 is 0 Å². The first-order valence-electron chi connectivity index (χ1n) is 17.6. The summed E-state index contributed by atoms with van der Waals surface area (Å²) in [5, 5.41) is 0. The topological polar surface area (TPSA) is 59.1 Å². The van der Waals surface area contributed by atoms with Crippen molar-refractivity contribution in [2.45, 2.75) is 96.9 Å². The van der Waals surface area contributed by atoms with E-state index in [0.29, 0.717) is 35.8 Å². The molecule has 4 saturated carbocycles. The highest BCUT2D eigenvalue weighted by Crippen LogP contribution is 2.67. The summed E-state index contributed by atoms with van der Waals surface area (Å²) in [6, 6.07) is 0.656. The second-order valence-corrected chi connectivity index (χ2v) is 17.5. The van der Waals surface area contributed by atoms with E-state index >= 15 is 0 Å². The zero-order chi connectivity index (χ0) is 30.9. The van der Waals surface area contributed by atoms with Crippen LogP contribution in [0.1, 0.15) is 72.6 Å². The number of carbonyl (C=O) groups is 2. The van der Waals surface area contributed by atoms with Crippen LogP contribution in [0.2, 0.25) is 0 Å². The summed E-state index contributed by atoms with van der Waals surface area (Å²) in [7, 11) is 9.36. The Hall–Kier alpha value is -1.22. The van der Waals surface area contributed by atoms with Gasteiger partial charge >= 0.3 is 11.9 Å². The van der Waals surface area contributed by atoms with E-state index in [-0.39, 0.29) is 35.0 Å². The van der Waals surface area contributed by atoms with Crippen LogP contribution in [0.3, 0.4) is 0 Å². The van der Waals surface area contributed by atoms with E-state index in [2.05, 4.69) is 51.8 Å². The maximum atomic E-state index is 12.5. The van der Waals surface area contributed by atoms with E-state index in [0.717, 1.165) is 80.6 Å². The summed E-state index contributed by atoms with van der Waals surface area (Å²) in [4.78, 5) is 30.2. The van der Waals surface area contributed by atoms with E-state index in [1.165, 1.54) is 25.7 Å². The fraction of sp³-hybridized carbons (Fsp3) is 0.943.